The number of hydrogen-bond donors (Lipinski definition) is 1. The quantitative estimate of drug-likeness (QED) is 0.730. The molecule has 1 aliphatic rings. The molecule has 0 atom stereocenters. The second-order valence-electron chi connectivity index (χ2n) is 3.48. The van der Waals surface area contributed by atoms with Gasteiger partial charge in [0, 0.05) is 27.1 Å². The molecule has 0 aliphatic carbocycles. The first-order chi connectivity index (χ1) is 7.36. The SMILES string of the molecule is O=c1c2c(sc3ccccc13)C=CNC2. The van der Waals surface area contributed by atoms with Crippen LogP contribution in [0.3, 0.4) is 0 Å². The normalized spacial score (nSPS) is 13.6. The first-order valence-corrected chi connectivity index (χ1v) is 5.62. The molecule has 1 aromatic carbocycles. The summed E-state index contributed by atoms with van der Waals surface area (Å²) in [7, 11) is 0. The Balaban J connectivity index is 2.48. The largest absolute Gasteiger partial charge is 0.387 e. The summed E-state index contributed by atoms with van der Waals surface area (Å²) in [6.45, 7) is 0.645. The van der Waals surface area contributed by atoms with Crippen LogP contribution in [-0.2, 0) is 6.54 Å². The van der Waals surface area contributed by atoms with Gasteiger partial charge >= 0.3 is 0 Å². The van der Waals surface area contributed by atoms with Gasteiger partial charge in [0.2, 0.25) is 0 Å². The molecule has 2 aromatic rings. The molecule has 0 saturated heterocycles. The monoisotopic (exact) mass is 215 g/mol. The highest BCUT2D eigenvalue weighted by atomic mass is 32.1. The van der Waals surface area contributed by atoms with E-state index >= 15 is 0 Å². The molecule has 1 aromatic heterocycles. The van der Waals surface area contributed by atoms with Crippen molar-refractivity contribution in [2.24, 2.45) is 0 Å². The highest BCUT2D eigenvalue weighted by Crippen LogP contribution is 2.24. The number of hydrogen-bond acceptors (Lipinski definition) is 3. The Bertz CT molecular complexity index is 613. The molecule has 0 spiro atoms. The van der Waals surface area contributed by atoms with Gasteiger partial charge in [-0.15, -0.1) is 11.3 Å². The maximum atomic E-state index is 12.1. The maximum Gasteiger partial charge on any atom is 0.193 e. The Labute approximate surface area is 90.9 Å². The van der Waals surface area contributed by atoms with Gasteiger partial charge in [0.1, 0.15) is 0 Å². The summed E-state index contributed by atoms with van der Waals surface area (Å²) < 4.78 is 1.06. The van der Waals surface area contributed by atoms with Crippen molar-refractivity contribution in [1.82, 2.24) is 5.32 Å². The van der Waals surface area contributed by atoms with Crippen LogP contribution in [0, 0.1) is 0 Å². The molecule has 3 rings (SSSR count). The summed E-state index contributed by atoms with van der Waals surface area (Å²) in [5, 5.41) is 3.90. The Hall–Kier alpha value is -1.61. The molecule has 0 saturated carbocycles. The summed E-state index contributed by atoms with van der Waals surface area (Å²) in [6, 6.07) is 7.77. The predicted octanol–water partition coefficient (Wildman–Crippen LogP) is 2.34. The molecule has 74 valence electrons. The van der Waals surface area contributed by atoms with Crippen LogP contribution >= 0.6 is 11.3 Å². The molecule has 1 N–H and O–H groups in total. The van der Waals surface area contributed by atoms with E-state index in [-0.39, 0.29) is 5.43 Å². The lowest BCUT2D eigenvalue weighted by atomic mass is 10.1. The first-order valence-electron chi connectivity index (χ1n) is 4.81. The van der Waals surface area contributed by atoms with E-state index in [1.807, 2.05) is 36.5 Å². The van der Waals surface area contributed by atoms with E-state index in [0.717, 1.165) is 20.5 Å². The fourth-order valence-corrected chi connectivity index (χ4v) is 2.87. The van der Waals surface area contributed by atoms with E-state index in [4.69, 9.17) is 0 Å². The van der Waals surface area contributed by atoms with Crippen molar-refractivity contribution >= 4 is 27.5 Å². The number of rotatable bonds is 0. The molecule has 2 heterocycles. The van der Waals surface area contributed by atoms with Crippen molar-refractivity contribution in [3.05, 3.63) is 51.1 Å². The van der Waals surface area contributed by atoms with Gasteiger partial charge in [0.05, 0.1) is 0 Å². The van der Waals surface area contributed by atoms with E-state index in [2.05, 4.69) is 5.32 Å². The summed E-state index contributed by atoms with van der Waals surface area (Å²) in [5.41, 5.74) is 1.05. The van der Waals surface area contributed by atoms with Gasteiger partial charge in [-0.1, -0.05) is 12.1 Å². The highest BCUT2D eigenvalue weighted by molar-refractivity contribution is 7.19. The highest BCUT2D eigenvalue weighted by Gasteiger charge is 2.11. The van der Waals surface area contributed by atoms with Crippen molar-refractivity contribution in [3.63, 3.8) is 0 Å². The Kier molecular flexibility index (Phi) is 1.86. The van der Waals surface area contributed by atoms with Gasteiger partial charge in [-0.3, -0.25) is 4.79 Å². The lowest BCUT2D eigenvalue weighted by Gasteiger charge is -2.11. The molecular formula is C12H9NOS. The Morgan fingerprint density at radius 1 is 1.27 bits per heavy atom. The van der Waals surface area contributed by atoms with Crippen LogP contribution in [0.15, 0.2) is 35.3 Å². The van der Waals surface area contributed by atoms with Gasteiger partial charge in [0.25, 0.3) is 0 Å². The zero-order chi connectivity index (χ0) is 10.3. The van der Waals surface area contributed by atoms with Crippen LogP contribution in [0.25, 0.3) is 16.2 Å². The van der Waals surface area contributed by atoms with Crippen molar-refractivity contribution in [1.29, 1.82) is 0 Å². The molecule has 0 bridgehead atoms. The third-order valence-electron chi connectivity index (χ3n) is 2.55. The van der Waals surface area contributed by atoms with Crippen LogP contribution in [0.2, 0.25) is 0 Å². The van der Waals surface area contributed by atoms with Crippen LogP contribution < -0.4 is 10.7 Å². The molecule has 0 radical (unpaired) electrons. The lowest BCUT2D eigenvalue weighted by Crippen LogP contribution is -2.19. The standard InChI is InChI=1S/C12H9NOS/c14-12-8-3-1-2-4-10(8)15-11-5-6-13-7-9(11)12/h1-6,13H,7H2. The van der Waals surface area contributed by atoms with E-state index in [1.54, 1.807) is 11.3 Å². The van der Waals surface area contributed by atoms with Crippen LogP contribution in [-0.4, -0.2) is 0 Å². The number of fused-ring (bicyclic) bond motifs is 2. The lowest BCUT2D eigenvalue weighted by molar-refractivity contribution is 0.858. The number of benzene rings is 1. The topological polar surface area (TPSA) is 29.1 Å². The van der Waals surface area contributed by atoms with E-state index in [9.17, 15) is 4.79 Å². The Morgan fingerprint density at radius 2 is 2.13 bits per heavy atom. The fraction of sp³-hybridized carbons (Fsp3) is 0.0833. The molecule has 3 heteroatoms. The van der Waals surface area contributed by atoms with Gasteiger partial charge < -0.3 is 5.32 Å². The summed E-state index contributed by atoms with van der Waals surface area (Å²) in [4.78, 5) is 13.2. The molecule has 0 unspecified atom stereocenters. The smallest absolute Gasteiger partial charge is 0.193 e. The van der Waals surface area contributed by atoms with Crippen molar-refractivity contribution in [3.8, 4) is 0 Å². The Morgan fingerprint density at radius 3 is 3.07 bits per heavy atom. The zero-order valence-electron chi connectivity index (χ0n) is 7.99. The van der Waals surface area contributed by atoms with Crippen LogP contribution in [0.4, 0.5) is 0 Å². The minimum absolute atomic E-state index is 0.163. The summed E-state index contributed by atoms with van der Waals surface area (Å²) in [5.74, 6) is 0. The maximum absolute atomic E-state index is 12.1. The molecule has 0 amide bonds. The van der Waals surface area contributed by atoms with Gasteiger partial charge in [-0.2, -0.15) is 0 Å². The summed E-state index contributed by atoms with van der Waals surface area (Å²) >= 11 is 1.68. The summed E-state index contributed by atoms with van der Waals surface area (Å²) in [6.07, 6.45) is 3.87. The van der Waals surface area contributed by atoms with Crippen LogP contribution in [0.1, 0.15) is 10.4 Å². The van der Waals surface area contributed by atoms with Gasteiger partial charge in [-0.25, -0.2) is 0 Å². The van der Waals surface area contributed by atoms with Gasteiger partial charge in [0.15, 0.2) is 5.43 Å². The minimum atomic E-state index is 0.163. The van der Waals surface area contributed by atoms with E-state index < -0.39 is 0 Å². The van der Waals surface area contributed by atoms with E-state index in [0.29, 0.717) is 6.54 Å². The molecule has 1 aliphatic heterocycles. The molecule has 0 fully saturated rings. The third-order valence-corrected chi connectivity index (χ3v) is 3.73. The average Bonchev–Trinajstić information content (AvgIpc) is 2.30. The number of nitrogens with one attached hydrogen (secondary N) is 1. The molecule has 2 nitrogen and oxygen atoms in total. The van der Waals surface area contributed by atoms with Crippen molar-refractivity contribution < 1.29 is 0 Å². The van der Waals surface area contributed by atoms with Crippen LogP contribution in [0.5, 0.6) is 0 Å². The second kappa shape index (κ2) is 3.21. The van der Waals surface area contributed by atoms with Crippen molar-refractivity contribution in [2.45, 2.75) is 6.54 Å². The average molecular weight is 215 g/mol. The fourth-order valence-electron chi connectivity index (χ4n) is 1.80. The minimum Gasteiger partial charge on any atom is -0.387 e. The molecular weight excluding hydrogens is 206 g/mol. The van der Waals surface area contributed by atoms with E-state index in [1.165, 1.54) is 0 Å². The first kappa shape index (κ1) is 8.68. The third kappa shape index (κ3) is 1.27. The zero-order valence-corrected chi connectivity index (χ0v) is 8.80. The second-order valence-corrected chi connectivity index (χ2v) is 4.57. The molecule has 15 heavy (non-hydrogen) atoms. The van der Waals surface area contributed by atoms with Gasteiger partial charge in [-0.05, 0) is 24.4 Å². The van der Waals surface area contributed by atoms with Crippen molar-refractivity contribution in [2.75, 3.05) is 0 Å². The predicted molar refractivity (Wildman–Crippen MR) is 64.0 cm³/mol.